The first-order valence-corrected chi connectivity index (χ1v) is 5.73. The number of benzene rings is 1. The number of anilines is 1. The summed E-state index contributed by atoms with van der Waals surface area (Å²) in [7, 11) is 0. The summed E-state index contributed by atoms with van der Waals surface area (Å²) in [6.07, 6.45) is -0.658. The Morgan fingerprint density at radius 3 is 2.21 bits per heavy atom. The lowest BCUT2D eigenvalue weighted by Crippen LogP contribution is -2.27. The first-order chi connectivity index (χ1) is 8.64. The zero-order chi connectivity index (χ0) is 14.7. The van der Waals surface area contributed by atoms with Crippen molar-refractivity contribution < 1.29 is 23.4 Å². The van der Waals surface area contributed by atoms with Crippen LogP contribution in [0.25, 0.3) is 0 Å². The summed E-state index contributed by atoms with van der Waals surface area (Å²) in [6, 6.07) is 4.93. The number of amides is 1. The Kier molecular flexibility index (Phi) is 4.47. The number of halogens is 2. The molecule has 106 valence electrons. The van der Waals surface area contributed by atoms with Gasteiger partial charge in [-0.05, 0) is 32.9 Å². The number of rotatable bonds is 3. The quantitative estimate of drug-likeness (QED) is 0.889. The van der Waals surface area contributed by atoms with Crippen LogP contribution in [0.5, 0.6) is 0 Å². The van der Waals surface area contributed by atoms with Crippen molar-refractivity contribution in [2.45, 2.75) is 32.3 Å². The van der Waals surface area contributed by atoms with Gasteiger partial charge in [-0.15, -0.1) is 0 Å². The van der Waals surface area contributed by atoms with Crippen LogP contribution in [0.15, 0.2) is 24.3 Å². The van der Waals surface area contributed by atoms with E-state index in [4.69, 9.17) is 9.84 Å². The summed E-state index contributed by atoms with van der Waals surface area (Å²) in [5.74, 6) is -3.29. The molecular formula is C13H17F2NO3. The van der Waals surface area contributed by atoms with E-state index < -0.39 is 24.2 Å². The molecule has 0 saturated heterocycles. The summed E-state index contributed by atoms with van der Waals surface area (Å²) >= 11 is 0. The van der Waals surface area contributed by atoms with E-state index in [9.17, 15) is 13.6 Å². The molecule has 0 radical (unpaired) electrons. The number of aliphatic hydroxyl groups excluding tert-OH is 1. The van der Waals surface area contributed by atoms with Gasteiger partial charge in [0.2, 0.25) is 0 Å². The van der Waals surface area contributed by atoms with Gasteiger partial charge >= 0.3 is 6.09 Å². The molecule has 0 aliphatic rings. The van der Waals surface area contributed by atoms with E-state index in [-0.39, 0.29) is 5.56 Å². The predicted molar refractivity (Wildman–Crippen MR) is 67.3 cm³/mol. The molecule has 1 amide bonds. The number of ether oxygens (including phenoxy) is 1. The minimum Gasteiger partial charge on any atom is -0.444 e. The molecular weight excluding hydrogens is 256 g/mol. The van der Waals surface area contributed by atoms with E-state index >= 15 is 0 Å². The minimum absolute atomic E-state index is 0.315. The van der Waals surface area contributed by atoms with Gasteiger partial charge in [0.15, 0.2) is 0 Å². The molecule has 1 rings (SSSR count). The Labute approximate surface area is 110 Å². The number of aliphatic hydroxyl groups is 1. The summed E-state index contributed by atoms with van der Waals surface area (Å²) in [5.41, 5.74) is -0.606. The van der Waals surface area contributed by atoms with Gasteiger partial charge in [-0.1, -0.05) is 12.1 Å². The SMILES string of the molecule is CC(C)(C)OC(=O)Nc1ccc(C(F)(F)CO)cc1. The van der Waals surface area contributed by atoms with E-state index in [1.54, 1.807) is 20.8 Å². The highest BCUT2D eigenvalue weighted by molar-refractivity contribution is 5.84. The highest BCUT2D eigenvalue weighted by Crippen LogP contribution is 2.28. The standard InChI is InChI=1S/C13H17F2NO3/c1-12(2,3)19-11(18)16-10-6-4-9(5-7-10)13(14,15)8-17/h4-7,17H,8H2,1-3H3,(H,16,18). The molecule has 0 aliphatic heterocycles. The van der Waals surface area contributed by atoms with Gasteiger partial charge in [0.25, 0.3) is 5.92 Å². The average Bonchev–Trinajstić information content (AvgIpc) is 2.27. The summed E-state index contributed by atoms with van der Waals surface area (Å²) < 4.78 is 31.3. The third-order valence-electron chi connectivity index (χ3n) is 2.15. The molecule has 4 nitrogen and oxygen atoms in total. The maximum atomic E-state index is 13.1. The molecule has 0 fully saturated rings. The predicted octanol–water partition coefficient (Wildman–Crippen LogP) is 3.12. The van der Waals surface area contributed by atoms with Crippen LogP contribution >= 0.6 is 0 Å². The van der Waals surface area contributed by atoms with Crippen molar-refractivity contribution in [1.82, 2.24) is 0 Å². The molecule has 0 atom stereocenters. The number of carbonyl (C=O) groups excluding carboxylic acids is 1. The number of nitrogens with one attached hydrogen (secondary N) is 1. The highest BCUT2D eigenvalue weighted by Gasteiger charge is 2.30. The van der Waals surface area contributed by atoms with E-state index in [1.165, 1.54) is 12.1 Å². The monoisotopic (exact) mass is 273 g/mol. The number of alkyl halides is 2. The maximum Gasteiger partial charge on any atom is 0.412 e. The van der Waals surface area contributed by atoms with Crippen LogP contribution in [0.3, 0.4) is 0 Å². The molecule has 0 aliphatic carbocycles. The van der Waals surface area contributed by atoms with Crippen molar-refractivity contribution >= 4 is 11.8 Å². The molecule has 0 aromatic heterocycles. The summed E-state index contributed by atoms with van der Waals surface area (Å²) in [5, 5.41) is 11.0. The van der Waals surface area contributed by atoms with Gasteiger partial charge in [0.05, 0.1) is 0 Å². The Morgan fingerprint density at radius 1 is 1.26 bits per heavy atom. The molecule has 0 heterocycles. The fourth-order valence-corrected chi connectivity index (χ4v) is 1.31. The normalized spacial score (nSPS) is 12.1. The third-order valence-corrected chi connectivity index (χ3v) is 2.15. The molecule has 0 saturated carbocycles. The Morgan fingerprint density at radius 2 is 1.79 bits per heavy atom. The molecule has 0 unspecified atom stereocenters. The van der Waals surface area contributed by atoms with Gasteiger partial charge in [-0.25, -0.2) is 4.79 Å². The van der Waals surface area contributed by atoms with Gasteiger partial charge in [-0.3, -0.25) is 5.32 Å². The van der Waals surface area contributed by atoms with Gasteiger partial charge in [0, 0.05) is 11.3 Å². The second-order valence-electron chi connectivity index (χ2n) is 5.07. The first-order valence-electron chi connectivity index (χ1n) is 5.73. The molecule has 0 spiro atoms. The van der Waals surface area contributed by atoms with Gasteiger partial charge in [-0.2, -0.15) is 8.78 Å². The second-order valence-corrected chi connectivity index (χ2v) is 5.07. The van der Waals surface area contributed by atoms with Crippen LogP contribution in [-0.4, -0.2) is 23.4 Å². The lowest BCUT2D eigenvalue weighted by atomic mass is 10.1. The highest BCUT2D eigenvalue weighted by atomic mass is 19.3. The van der Waals surface area contributed by atoms with Crippen molar-refractivity contribution in [3.8, 4) is 0 Å². The van der Waals surface area contributed by atoms with Crippen LogP contribution in [0.4, 0.5) is 19.3 Å². The van der Waals surface area contributed by atoms with E-state index in [0.29, 0.717) is 5.69 Å². The maximum absolute atomic E-state index is 13.1. The topological polar surface area (TPSA) is 58.6 Å². The molecule has 2 N–H and O–H groups in total. The van der Waals surface area contributed by atoms with Crippen LogP contribution in [-0.2, 0) is 10.7 Å². The largest absolute Gasteiger partial charge is 0.444 e. The Bertz CT molecular complexity index is 438. The first kappa shape index (κ1) is 15.4. The molecule has 1 aromatic carbocycles. The fraction of sp³-hybridized carbons (Fsp3) is 0.462. The molecule has 19 heavy (non-hydrogen) atoms. The van der Waals surface area contributed by atoms with Crippen molar-refractivity contribution in [3.05, 3.63) is 29.8 Å². The molecule has 6 heteroatoms. The van der Waals surface area contributed by atoms with Crippen LogP contribution < -0.4 is 5.32 Å². The van der Waals surface area contributed by atoms with Crippen molar-refractivity contribution in [3.63, 3.8) is 0 Å². The van der Waals surface area contributed by atoms with E-state index in [1.807, 2.05) is 0 Å². The zero-order valence-corrected chi connectivity index (χ0v) is 11.0. The van der Waals surface area contributed by atoms with E-state index in [0.717, 1.165) is 12.1 Å². The van der Waals surface area contributed by atoms with Gasteiger partial charge < -0.3 is 9.84 Å². The van der Waals surface area contributed by atoms with Crippen LogP contribution in [0.1, 0.15) is 26.3 Å². The average molecular weight is 273 g/mol. The number of hydrogen-bond acceptors (Lipinski definition) is 3. The van der Waals surface area contributed by atoms with Crippen molar-refractivity contribution in [2.75, 3.05) is 11.9 Å². The molecule has 0 bridgehead atoms. The van der Waals surface area contributed by atoms with Crippen LogP contribution in [0.2, 0.25) is 0 Å². The fourth-order valence-electron chi connectivity index (χ4n) is 1.31. The minimum atomic E-state index is -3.29. The summed E-state index contributed by atoms with van der Waals surface area (Å²) in [6.45, 7) is 3.90. The second kappa shape index (κ2) is 5.52. The van der Waals surface area contributed by atoms with Crippen molar-refractivity contribution in [1.29, 1.82) is 0 Å². The smallest absolute Gasteiger partial charge is 0.412 e. The number of carbonyl (C=O) groups is 1. The van der Waals surface area contributed by atoms with Crippen molar-refractivity contribution in [2.24, 2.45) is 0 Å². The van der Waals surface area contributed by atoms with Gasteiger partial charge in [0.1, 0.15) is 12.2 Å². The lowest BCUT2D eigenvalue weighted by Gasteiger charge is -2.20. The zero-order valence-electron chi connectivity index (χ0n) is 11.0. The third kappa shape index (κ3) is 4.82. The number of hydrogen-bond donors (Lipinski definition) is 2. The Hall–Kier alpha value is -1.69. The summed E-state index contributed by atoms with van der Waals surface area (Å²) in [4.78, 5) is 11.4. The van der Waals surface area contributed by atoms with E-state index in [2.05, 4.69) is 5.32 Å². The molecule has 1 aromatic rings. The van der Waals surface area contributed by atoms with Crippen LogP contribution in [0, 0.1) is 0 Å². The lowest BCUT2D eigenvalue weighted by molar-refractivity contribution is -0.0556. The Balaban J connectivity index is 2.70.